The van der Waals surface area contributed by atoms with Crippen LogP contribution in [0, 0.1) is 17.2 Å². The third-order valence-corrected chi connectivity index (χ3v) is 9.63. The molecule has 0 bridgehead atoms. The van der Waals surface area contributed by atoms with Gasteiger partial charge in [-0.2, -0.15) is 10.4 Å². The van der Waals surface area contributed by atoms with Crippen LogP contribution < -0.4 is 10.8 Å². The summed E-state index contributed by atoms with van der Waals surface area (Å²) in [6, 6.07) is 3.75. The number of carbonyl (C=O) groups excluding carboxylic acids is 4. The van der Waals surface area contributed by atoms with Gasteiger partial charge < -0.3 is 34.2 Å². The number of fused-ring (bicyclic) bond motifs is 1. The number of nitrogen functional groups attached to an aromatic ring is 1. The predicted octanol–water partition coefficient (Wildman–Crippen LogP) is 3.69. The van der Waals surface area contributed by atoms with Crippen LogP contribution in [0.15, 0.2) is 18.5 Å². The fraction of sp³-hybridized carbons (Fsp3) is 0.656. The van der Waals surface area contributed by atoms with Crippen LogP contribution in [0.1, 0.15) is 79.8 Å². The zero-order valence-corrected chi connectivity index (χ0v) is 31.2. The number of esters is 3. The Balaban J connectivity index is 2.00. The minimum atomic E-state index is -4.65. The van der Waals surface area contributed by atoms with Crippen LogP contribution >= 0.6 is 7.75 Å². The molecule has 288 valence electrons. The summed E-state index contributed by atoms with van der Waals surface area (Å²) in [5.41, 5.74) is 4.16. The van der Waals surface area contributed by atoms with Gasteiger partial charge in [-0.05, 0) is 38.8 Å². The van der Waals surface area contributed by atoms with E-state index < -0.39 is 81.3 Å². The van der Waals surface area contributed by atoms with Crippen molar-refractivity contribution in [2.45, 2.75) is 110 Å². The molecule has 1 saturated heterocycles. The van der Waals surface area contributed by atoms with E-state index in [9.17, 15) is 29.0 Å². The van der Waals surface area contributed by atoms with E-state index in [2.05, 4.69) is 15.2 Å². The van der Waals surface area contributed by atoms with Gasteiger partial charge in [0.15, 0.2) is 18.0 Å². The van der Waals surface area contributed by atoms with Gasteiger partial charge in [0.25, 0.3) is 0 Å². The van der Waals surface area contributed by atoms with E-state index in [-0.39, 0.29) is 36.9 Å². The molecule has 52 heavy (non-hydrogen) atoms. The first-order valence-electron chi connectivity index (χ1n) is 16.9. The molecular weight excluding hydrogens is 707 g/mol. The first kappa shape index (κ1) is 42.1. The maximum Gasteiger partial charge on any atom is 0.510 e. The molecule has 3 heterocycles. The summed E-state index contributed by atoms with van der Waals surface area (Å²) in [6.45, 7) is 9.91. The van der Waals surface area contributed by atoms with Gasteiger partial charge in [0, 0.05) is 12.8 Å². The predicted molar refractivity (Wildman–Crippen MR) is 180 cm³/mol. The molecular formula is C32H47N6O13P. The van der Waals surface area contributed by atoms with E-state index in [0.29, 0.717) is 5.52 Å². The third kappa shape index (κ3) is 10.4. The van der Waals surface area contributed by atoms with Crippen molar-refractivity contribution < 1.29 is 61.2 Å². The van der Waals surface area contributed by atoms with E-state index >= 15 is 0 Å². The molecule has 0 aromatic carbocycles. The van der Waals surface area contributed by atoms with Crippen LogP contribution in [0.3, 0.4) is 0 Å². The lowest BCUT2D eigenvalue weighted by Crippen LogP contribution is -2.46. The van der Waals surface area contributed by atoms with Gasteiger partial charge in [-0.15, -0.1) is 0 Å². The maximum atomic E-state index is 14.2. The number of nitrogens with one attached hydrogen (secondary N) is 1. The van der Waals surface area contributed by atoms with Crippen LogP contribution in [-0.2, 0) is 62.0 Å². The fourth-order valence-electron chi connectivity index (χ4n) is 5.06. The second-order valence-corrected chi connectivity index (χ2v) is 13.8. The molecule has 2 aromatic heterocycles. The molecule has 0 saturated carbocycles. The molecule has 3 N–H and O–H groups in total. The SMILES string of the molecule is CCC(=O)O[C@H]1[C@@H](OC(=O)CC)[C@](C#N)(c2ccc3c(N)ncnn23)O[C@@H]1CO[P@@](=O)(N[C@@H](C)C(=O)OCC(CC)CC)OCOC(=O)OC(C)C. The number of ether oxygens (including phenoxy) is 6. The minimum absolute atomic E-state index is 0.0384. The quantitative estimate of drug-likeness (QED) is 0.0897. The zero-order chi connectivity index (χ0) is 38.6. The Morgan fingerprint density at radius 1 is 1.06 bits per heavy atom. The Morgan fingerprint density at radius 2 is 1.73 bits per heavy atom. The summed E-state index contributed by atoms with van der Waals surface area (Å²) in [5.74, 6) is -2.11. The average molecular weight is 755 g/mol. The Morgan fingerprint density at radius 3 is 2.35 bits per heavy atom. The number of hydrogen-bond acceptors (Lipinski definition) is 17. The van der Waals surface area contributed by atoms with Gasteiger partial charge in [0.05, 0.1) is 25.0 Å². The Bertz CT molecular complexity index is 1640. The van der Waals surface area contributed by atoms with E-state index in [4.69, 9.17) is 43.2 Å². The van der Waals surface area contributed by atoms with E-state index in [1.807, 2.05) is 19.9 Å². The van der Waals surface area contributed by atoms with Crippen molar-refractivity contribution in [3.63, 3.8) is 0 Å². The van der Waals surface area contributed by atoms with E-state index in [0.717, 1.165) is 19.2 Å². The number of nitrogens with two attached hydrogens (primary N) is 1. The zero-order valence-electron chi connectivity index (χ0n) is 30.3. The number of aromatic nitrogens is 3. The van der Waals surface area contributed by atoms with Gasteiger partial charge in [0.1, 0.15) is 30.1 Å². The lowest BCUT2D eigenvalue weighted by atomic mass is 9.92. The number of nitriles is 1. The molecule has 0 aliphatic carbocycles. The number of rotatable bonds is 19. The van der Waals surface area contributed by atoms with E-state index in [1.165, 1.54) is 37.4 Å². The molecule has 20 heteroatoms. The van der Waals surface area contributed by atoms with E-state index in [1.54, 1.807) is 13.8 Å². The first-order chi connectivity index (χ1) is 24.7. The number of hydrogen-bond donors (Lipinski definition) is 2. The van der Waals surface area contributed by atoms with Gasteiger partial charge in [-0.25, -0.2) is 23.9 Å². The van der Waals surface area contributed by atoms with Crippen molar-refractivity contribution >= 4 is 43.1 Å². The minimum Gasteiger partial charge on any atom is -0.464 e. The molecule has 6 atom stereocenters. The second-order valence-electron chi connectivity index (χ2n) is 12.0. The molecule has 2 aromatic rings. The summed E-state index contributed by atoms with van der Waals surface area (Å²) in [4.78, 5) is 54.3. The Labute approximate surface area is 301 Å². The van der Waals surface area contributed by atoms with Crippen LogP contribution in [-0.4, -0.2) is 89.1 Å². The number of anilines is 1. The topological polar surface area (TPSA) is 251 Å². The molecule has 19 nitrogen and oxygen atoms in total. The van der Waals surface area contributed by atoms with Crippen molar-refractivity contribution in [3.8, 4) is 6.07 Å². The average Bonchev–Trinajstić information content (AvgIpc) is 3.67. The van der Waals surface area contributed by atoms with Crippen molar-refractivity contribution in [2.75, 3.05) is 25.7 Å². The lowest BCUT2D eigenvalue weighted by Gasteiger charge is -2.28. The van der Waals surface area contributed by atoms with Gasteiger partial charge >= 0.3 is 31.8 Å². The Kier molecular flexibility index (Phi) is 15.3. The molecule has 0 spiro atoms. The first-order valence-corrected chi connectivity index (χ1v) is 18.4. The van der Waals surface area contributed by atoms with Crippen LogP contribution in [0.5, 0.6) is 0 Å². The van der Waals surface area contributed by atoms with Gasteiger partial charge in [-0.1, -0.05) is 40.5 Å². The van der Waals surface area contributed by atoms with Crippen molar-refractivity contribution in [3.05, 3.63) is 24.2 Å². The number of carbonyl (C=O) groups is 4. The molecule has 1 aliphatic heterocycles. The molecule has 1 aliphatic rings. The molecule has 0 radical (unpaired) electrons. The molecule has 0 amide bonds. The van der Waals surface area contributed by atoms with Crippen molar-refractivity contribution in [2.24, 2.45) is 5.92 Å². The van der Waals surface area contributed by atoms with Crippen LogP contribution in [0.2, 0.25) is 0 Å². The van der Waals surface area contributed by atoms with Crippen LogP contribution in [0.25, 0.3) is 5.52 Å². The monoisotopic (exact) mass is 754 g/mol. The third-order valence-electron chi connectivity index (χ3n) is 8.00. The lowest BCUT2D eigenvalue weighted by molar-refractivity contribution is -0.169. The van der Waals surface area contributed by atoms with Crippen molar-refractivity contribution in [1.82, 2.24) is 19.7 Å². The highest BCUT2D eigenvalue weighted by Crippen LogP contribution is 2.48. The summed E-state index contributed by atoms with van der Waals surface area (Å²) in [5, 5.41) is 17.4. The summed E-state index contributed by atoms with van der Waals surface area (Å²) < 4.78 is 59.3. The van der Waals surface area contributed by atoms with Gasteiger partial charge in [-0.3, -0.25) is 23.4 Å². The number of nitrogens with zero attached hydrogens (tertiary/aromatic N) is 4. The van der Waals surface area contributed by atoms with Crippen molar-refractivity contribution in [1.29, 1.82) is 5.26 Å². The molecule has 3 rings (SSSR count). The fourth-order valence-corrected chi connectivity index (χ4v) is 6.39. The van der Waals surface area contributed by atoms with Crippen LogP contribution in [0.4, 0.5) is 10.6 Å². The highest BCUT2D eigenvalue weighted by atomic mass is 31.2. The normalized spacial score (nSPS) is 21.7. The molecule has 1 fully saturated rings. The second kappa shape index (κ2) is 18.9. The summed E-state index contributed by atoms with van der Waals surface area (Å²) in [6.07, 6.45) is -3.79. The smallest absolute Gasteiger partial charge is 0.464 e. The maximum absolute atomic E-state index is 14.2. The summed E-state index contributed by atoms with van der Waals surface area (Å²) in [7, 11) is -4.65. The summed E-state index contributed by atoms with van der Waals surface area (Å²) >= 11 is 0. The Hall–Kier alpha value is -4.34. The highest BCUT2D eigenvalue weighted by molar-refractivity contribution is 7.51. The largest absolute Gasteiger partial charge is 0.510 e. The highest BCUT2D eigenvalue weighted by Gasteiger charge is 2.62. The van der Waals surface area contributed by atoms with Gasteiger partial charge in [0.2, 0.25) is 12.4 Å². The standard InChI is InChI=1S/C32H47N6O13P/c1-8-21(9-2)14-44-30(41)20(7)37-52(43,47-18-45-31(42)48-19(5)6)46-15-23-27(49-25(39)10-3)28(50-26(40)11-4)32(16-33,51-23)24-13-12-22-29(34)35-17-36-38(22)24/h12-13,17,19-21,23,27-28H,8-11,14-15,18H2,1-7H3,(H,37,43)(H2,34,35,36)/t20-,23+,27+,28+,32-,52-/m0/s1. The molecule has 0 unspecified atom stereocenters.